The van der Waals surface area contributed by atoms with Gasteiger partial charge in [0.1, 0.15) is 0 Å². The van der Waals surface area contributed by atoms with Crippen molar-refractivity contribution in [1.29, 1.82) is 0 Å². The average molecular weight is 157 g/mol. The quantitative estimate of drug-likeness (QED) is 0.486. The van der Waals surface area contributed by atoms with E-state index in [4.69, 9.17) is 5.73 Å². The maximum atomic E-state index is 10.7. The second-order valence-corrected chi connectivity index (χ2v) is 2.37. The molecular weight excluding hydrogens is 142 g/mol. The third kappa shape index (κ3) is 7.06. The molecule has 0 heterocycles. The summed E-state index contributed by atoms with van der Waals surface area (Å²) in [5.74, 6) is -0.298. The lowest BCUT2D eigenvalue weighted by atomic mass is 10.2. The lowest BCUT2D eigenvalue weighted by Gasteiger charge is -1.97. The predicted octanol–water partition coefficient (Wildman–Crippen LogP) is 0.843. The predicted molar refractivity (Wildman–Crippen MR) is 44.0 cm³/mol. The van der Waals surface area contributed by atoms with Gasteiger partial charge in [-0.25, -0.2) is 4.79 Å². The summed E-state index contributed by atoms with van der Waals surface area (Å²) in [5.41, 5.74) is 5.45. The maximum Gasteiger partial charge on any atom is 0.330 e. The van der Waals surface area contributed by atoms with Gasteiger partial charge in [0, 0.05) is 12.1 Å². The largest absolute Gasteiger partial charge is 0.463 e. The molecule has 0 fully saturated rings. The zero-order chi connectivity index (χ0) is 8.69. The summed E-state index contributed by atoms with van der Waals surface area (Å²) in [4.78, 5) is 10.7. The van der Waals surface area contributed by atoms with Crippen LogP contribution in [0.1, 0.15) is 20.3 Å². The number of ether oxygens (including phenoxy) is 1. The zero-order valence-electron chi connectivity index (χ0n) is 7.04. The first kappa shape index (κ1) is 10.2. The normalized spacial score (nSPS) is 13.4. The molecule has 0 radical (unpaired) electrons. The van der Waals surface area contributed by atoms with Crippen molar-refractivity contribution in [2.75, 3.05) is 6.61 Å². The number of hydrogen-bond donors (Lipinski definition) is 1. The SMILES string of the molecule is CCOC(=O)/C=C/CC(C)N. The molecule has 0 saturated heterocycles. The lowest BCUT2D eigenvalue weighted by Crippen LogP contribution is -2.13. The lowest BCUT2D eigenvalue weighted by molar-refractivity contribution is -0.137. The topological polar surface area (TPSA) is 52.3 Å². The van der Waals surface area contributed by atoms with Crippen LogP contribution in [0.3, 0.4) is 0 Å². The second-order valence-electron chi connectivity index (χ2n) is 2.37. The fraction of sp³-hybridized carbons (Fsp3) is 0.625. The Labute approximate surface area is 67.2 Å². The molecule has 1 unspecified atom stereocenters. The smallest absolute Gasteiger partial charge is 0.330 e. The molecule has 11 heavy (non-hydrogen) atoms. The van der Waals surface area contributed by atoms with Crippen LogP contribution in [0.15, 0.2) is 12.2 Å². The van der Waals surface area contributed by atoms with Gasteiger partial charge in [0.05, 0.1) is 6.61 Å². The molecule has 0 aromatic rings. The summed E-state index contributed by atoms with van der Waals surface area (Å²) in [6, 6.07) is 0.0978. The number of rotatable bonds is 4. The Hall–Kier alpha value is -0.830. The van der Waals surface area contributed by atoms with Gasteiger partial charge in [0.15, 0.2) is 0 Å². The van der Waals surface area contributed by atoms with Crippen LogP contribution in [-0.4, -0.2) is 18.6 Å². The van der Waals surface area contributed by atoms with Crippen molar-refractivity contribution in [2.24, 2.45) is 5.73 Å². The van der Waals surface area contributed by atoms with Crippen molar-refractivity contribution in [1.82, 2.24) is 0 Å². The first-order valence-corrected chi connectivity index (χ1v) is 3.75. The third-order valence-electron chi connectivity index (χ3n) is 1.05. The molecule has 0 bridgehead atoms. The van der Waals surface area contributed by atoms with Crippen molar-refractivity contribution in [3.63, 3.8) is 0 Å². The van der Waals surface area contributed by atoms with Gasteiger partial charge < -0.3 is 10.5 Å². The fourth-order valence-electron chi connectivity index (χ4n) is 0.569. The van der Waals surface area contributed by atoms with Crippen LogP contribution in [0.4, 0.5) is 0 Å². The van der Waals surface area contributed by atoms with E-state index >= 15 is 0 Å². The summed E-state index contributed by atoms with van der Waals surface area (Å²) in [6.45, 7) is 4.08. The Kier molecular flexibility index (Phi) is 5.47. The molecule has 0 aromatic heterocycles. The molecule has 0 amide bonds. The number of carbonyl (C=O) groups is 1. The van der Waals surface area contributed by atoms with Crippen molar-refractivity contribution in [3.8, 4) is 0 Å². The van der Waals surface area contributed by atoms with E-state index in [0.29, 0.717) is 13.0 Å². The van der Waals surface area contributed by atoms with Gasteiger partial charge >= 0.3 is 5.97 Å². The summed E-state index contributed by atoms with van der Waals surface area (Å²) < 4.78 is 4.66. The Bertz CT molecular complexity index is 141. The van der Waals surface area contributed by atoms with Crippen LogP contribution in [0.2, 0.25) is 0 Å². The number of nitrogens with two attached hydrogens (primary N) is 1. The number of carbonyl (C=O) groups excluding carboxylic acids is 1. The number of esters is 1. The summed E-state index contributed by atoms with van der Waals surface area (Å²) in [5, 5.41) is 0. The molecule has 0 spiro atoms. The van der Waals surface area contributed by atoms with E-state index in [0.717, 1.165) is 0 Å². The van der Waals surface area contributed by atoms with Crippen LogP contribution >= 0.6 is 0 Å². The van der Waals surface area contributed by atoms with Crippen molar-refractivity contribution >= 4 is 5.97 Å². The third-order valence-corrected chi connectivity index (χ3v) is 1.05. The molecule has 64 valence electrons. The molecule has 0 aliphatic heterocycles. The molecule has 3 heteroatoms. The molecule has 0 rings (SSSR count). The van der Waals surface area contributed by atoms with E-state index in [1.54, 1.807) is 13.0 Å². The van der Waals surface area contributed by atoms with Gasteiger partial charge in [0.25, 0.3) is 0 Å². The van der Waals surface area contributed by atoms with Crippen LogP contribution in [-0.2, 0) is 9.53 Å². The average Bonchev–Trinajstić information content (AvgIpc) is 1.87. The fourth-order valence-corrected chi connectivity index (χ4v) is 0.569. The summed E-state index contributed by atoms with van der Waals surface area (Å²) >= 11 is 0. The molecule has 0 aromatic carbocycles. The van der Waals surface area contributed by atoms with Crippen molar-refractivity contribution in [3.05, 3.63) is 12.2 Å². The van der Waals surface area contributed by atoms with Gasteiger partial charge in [-0.05, 0) is 20.3 Å². The highest BCUT2D eigenvalue weighted by molar-refractivity contribution is 5.81. The maximum absolute atomic E-state index is 10.7. The van der Waals surface area contributed by atoms with E-state index in [1.807, 2.05) is 6.92 Å². The minimum absolute atomic E-state index is 0.0978. The highest BCUT2D eigenvalue weighted by Gasteiger charge is 1.93. The van der Waals surface area contributed by atoms with Gasteiger partial charge in [-0.2, -0.15) is 0 Å². The second kappa shape index (κ2) is 5.92. The van der Waals surface area contributed by atoms with Gasteiger partial charge in [-0.1, -0.05) is 6.08 Å². The Morgan fingerprint density at radius 1 is 1.73 bits per heavy atom. The first-order valence-electron chi connectivity index (χ1n) is 3.75. The molecule has 1 atom stereocenters. The van der Waals surface area contributed by atoms with E-state index in [9.17, 15) is 4.79 Å². The van der Waals surface area contributed by atoms with Crippen LogP contribution in [0, 0.1) is 0 Å². The molecule has 0 aliphatic rings. The van der Waals surface area contributed by atoms with Gasteiger partial charge in [0.2, 0.25) is 0 Å². The van der Waals surface area contributed by atoms with Crippen LogP contribution < -0.4 is 5.73 Å². The molecule has 0 saturated carbocycles. The standard InChI is InChI=1S/C8H15NO2/c1-3-11-8(10)6-4-5-7(2)9/h4,6-7H,3,5,9H2,1-2H3/b6-4+. The Morgan fingerprint density at radius 2 is 2.36 bits per heavy atom. The van der Waals surface area contributed by atoms with Crippen LogP contribution in [0.25, 0.3) is 0 Å². The van der Waals surface area contributed by atoms with Gasteiger partial charge in [-0.3, -0.25) is 0 Å². The highest BCUT2D eigenvalue weighted by atomic mass is 16.5. The molecule has 3 nitrogen and oxygen atoms in total. The number of hydrogen-bond acceptors (Lipinski definition) is 3. The van der Waals surface area contributed by atoms with Crippen molar-refractivity contribution < 1.29 is 9.53 Å². The summed E-state index contributed by atoms with van der Waals surface area (Å²) in [6.07, 6.45) is 3.84. The van der Waals surface area contributed by atoms with E-state index in [-0.39, 0.29) is 12.0 Å². The zero-order valence-corrected chi connectivity index (χ0v) is 7.04. The molecule has 2 N–H and O–H groups in total. The Balaban J connectivity index is 3.48. The minimum Gasteiger partial charge on any atom is -0.463 e. The monoisotopic (exact) mass is 157 g/mol. The van der Waals surface area contributed by atoms with E-state index in [2.05, 4.69) is 4.74 Å². The van der Waals surface area contributed by atoms with E-state index in [1.165, 1.54) is 6.08 Å². The highest BCUT2D eigenvalue weighted by Crippen LogP contribution is 1.89. The first-order chi connectivity index (χ1) is 5.16. The Morgan fingerprint density at radius 3 is 2.82 bits per heavy atom. The molecule has 0 aliphatic carbocycles. The molecular formula is C8H15NO2. The van der Waals surface area contributed by atoms with Gasteiger partial charge in [-0.15, -0.1) is 0 Å². The summed E-state index contributed by atoms with van der Waals surface area (Å²) in [7, 11) is 0. The van der Waals surface area contributed by atoms with Crippen molar-refractivity contribution in [2.45, 2.75) is 26.3 Å². The minimum atomic E-state index is -0.298. The van der Waals surface area contributed by atoms with Crippen LogP contribution in [0.5, 0.6) is 0 Å². The van der Waals surface area contributed by atoms with E-state index < -0.39 is 0 Å².